The molecule has 4 aromatic rings. The minimum absolute atomic E-state index is 0.0890. The fourth-order valence-electron chi connectivity index (χ4n) is 7.04. The lowest BCUT2D eigenvalue weighted by atomic mass is 9.97. The number of rotatable bonds is 17. The van der Waals surface area contributed by atoms with Crippen LogP contribution in [0.1, 0.15) is 61.3 Å². The van der Waals surface area contributed by atoms with E-state index in [4.69, 9.17) is 5.73 Å². The summed E-state index contributed by atoms with van der Waals surface area (Å²) >= 11 is 0. The minimum atomic E-state index is -1.13. The van der Waals surface area contributed by atoms with Gasteiger partial charge in [-0.15, -0.1) is 0 Å². The Balaban J connectivity index is 1.37. The third-order valence-corrected chi connectivity index (χ3v) is 9.97. The molecule has 8 N–H and O–H groups in total. The number of aromatic amines is 1. The second-order valence-electron chi connectivity index (χ2n) is 14.3. The van der Waals surface area contributed by atoms with Gasteiger partial charge in [0.15, 0.2) is 0 Å². The fourth-order valence-corrected chi connectivity index (χ4v) is 7.04. The highest BCUT2D eigenvalue weighted by molar-refractivity contribution is 5.96. The summed E-state index contributed by atoms with van der Waals surface area (Å²) in [6, 6.07) is 20.0. The van der Waals surface area contributed by atoms with E-state index in [0.29, 0.717) is 32.2 Å². The number of hydrogen-bond donors (Lipinski definition) is 7. The van der Waals surface area contributed by atoms with Gasteiger partial charge in [0.25, 0.3) is 0 Å². The normalized spacial score (nSPS) is 15.5. The molecule has 0 bridgehead atoms. The molecule has 4 atom stereocenters. The molecular formula is C42H52N8O6. The van der Waals surface area contributed by atoms with Crippen molar-refractivity contribution in [2.45, 2.75) is 89.5 Å². The lowest BCUT2D eigenvalue weighted by molar-refractivity contribution is -0.145. The van der Waals surface area contributed by atoms with Crippen LogP contribution in [0.2, 0.25) is 0 Å². The molecule has 14 nitrogen and oxygen atoms in total. The van der Waals surface area contributed by atoms with Gasteiger partial charge in [0.05, 0.1) is 0 Å². The number of carbonyl (C=O) groups excluding carboxylic acids is 6. The van der Waals surface area contributed by atoms with Gasteiger partial charge in [-0.05, 0) is 61.8 Å². The van der Waals surface area contributed by atoms with Crippen LogP contribution in [0.4, 0.5) is 4.79 Å². The molecule has 14 heteroatoms. The highest BCUT2D eigenvalue weighted by atomic mass is 16.2. The standard InChI is InChI=1S/C42H52N8O6/c1-27-17-19-30(20-18-27)25-46-38(52)34(15-10-21-44-42(43)56)48-39(53)35(24-31-26-45-33-14-7-6-13-32(31)33)49-40(54)37-16-8-9-22-50(37)41(55)36(47-28(2)51)23-29-11-4-3-5-12-29/h3-7,11-14,17-20,26,34-37,45H,8-10,15-16,21-25H2,1-2H3,(H,46,52)(H,47,51)(H,48,53)(H,49,54)(H3,43,44,56)/t34-,35-,36-,37-/m0/s1. The Morgan fingerprint density at radius 2 is 1.52 bits per heavy atom. The van der Waals surface area contributed by atoms with E-state index in [2.05, 4.69) is 31.6 Å². The number of nitrogens with two attached hydrogens (primary N) is 1. The largest absolute Gasteiger partial charge is 0.361 e. The van der Waals surface area contributed by atoms with E-state index in [1.165, 1.54) is 11.8 Å². The van der Waals surface area contributed by atoms with E-state index >= 15 is 0 Å². The molecule has 1 aliphatic rings. The van der Waals surface area contributed by atoms with Gasteiger partial charge in [-0.1, -0.05) is 78.4 Å². The van der Waals surface area contributed by atoms with Gasteiger partial charge in [-0.2, -0.15) is 0 Å². The van der Waals surface area contributed by atoms with Crippen molar-refractivity contribution in [1.82, 2.24) is 36.5 Å². The molecule has 0 spiro atoms. The smallest absolute Gasteiger partial charge is 0.312 e. The molecule has 296 valence electrons. The number of aryl methyl sites for hydroxylation is 1. The number of para-hydroxylation sites is 1. The van der Waals surface area contributed by atoms with E-state index in [1.54, 1.807) is 6.20 Å². The number of piperidine rings is 1. The Morgan fingerprint density at radius 1 is 0.786 bits per heavy atom. The van der Waals surface area contributed by atoms with Crippen LogP contribution >= 0.6 is 0 Å². The molecular weight excluding hydrogens is 713 g/mol. The van der Waals surface area contributed by atoms with Crippen LogP contribution in [0, 0.1) is 6.92 Å². The summed E-state index contributed by atoms with van der Waals surface area (Å²) in [6.45, 7) is 4.05. The van der Waals surface area contributed by atoms with Crippen LogP contribution in [0.3, 0.4) is 0 Å². The molecule has 0 saturated carbocycles. The second-order valence-corrected chi connectivity index (χ2v) is 14.3. The van der Waals surface area contributed by atoms with Crippen molar-refractivity contribution in [3.63, 3.8) is 0 Å². The number of fused-ring (bicyclic) bond motifs is 1. The van der Waals surface area contributed by atoms with E-state index in [1.807, 2.05) is 85.8 Å². The Labute approximate surface area is 326 Å². The van der Waals surface area contributed by atoms with Crippen molar-refractivity contribution in [3.8, 4) is 0 Å². The Hall–Kier alpha value is -6.18. The number of nitrogens with zero attached hydrogens (tertiary/aromatic N) is 1. The van der Waals surface area contributed by atoms with Crippen LogP contribution in [0.15, 0.2) is 85.1 Å². The number of carbonyl (C=O) groups is 6. The molecule has 1 fully saturated rings. The molecule has 3 aromatic carbocycles. The summed E-state index contributed by atoms with van der Waals surface area (Å²) in [5.41, 5.74) is 9.69. The van der Waals surface area contributed by atoms with Crippen LogP contribution in [0.25, 0.3) is 10.9 Å². The summed E-state index contributed by atoms with van der Waals surface area (Å²) < 4.78 is 0. The third-order valence-electron chi connectivity index (χ3n) is 9.97. The van der Waals surface area contributed by atoms with Gasteiger partial charge < -0.3 is 42.2 Å². The highest BCUT2D eigenvalue weighted by Crippen LogP contribution is 2.22. The minimum Gasteiger partial charge on any atom is -0.361 e. The molecule has 1 aliphatic heterocycles. The van der Waals surface area contributed by atoms with E-state index in [0.717, 1.165) is 33.2 Å². The van der Waals surface area contributed by atoms with Crippen molar-refractivity contribution in [2.75, 3.05) is 13.1 Å². The summed E-state index contributed by atoms with van der Waals surface area (Å²) in [5, 5.41) is 14.9. The average Bonchev–Trinajstić information content (AvgIpc) is 3.60. The van der Waals surface area contributed by atoms with Crippen molar-refractivity contribution in [3.05, 3.63) is 107 Å². The molecule has 7 amide bonds. The van der Waals surface area contributed by atoms with Crippen LogP contribution in [0.5, 0.6) is 0 Å². The maximum absolute atomic E-state index is 14.3. The van der Waals surface area contributed by atoms with Crippen LogP contribution in [-0.4, -0.2) is 82.7 Å². The molecule has 0 radical (unpaired) electrons. The van der Waals surface area contributed by atoms with Crippen molar-refractivity contribution in [1.29, 1.82) is 0 Å². The van der Waals surface area contributed by atoms with Crippen LogP contribution in [-0.2, 0) is 43.4 Å². The third kappa shape index (κ3) is 11.7. The SMILES string of the molecule is CC(=O)N[C@@H](Cc1ccccc1)C(=O)N1CCCC[C@H]1C(=O)N[C@@H](Cc1c[nH]c2ccccc12)C(=O)N[C@@H](CCCNC(N)=O)C(=O)NCc1ccc(C)cc1. The molecule has 56 heavy (non-hydrogen) atoms. The van der Waals surface area contributed by atoms with Crippen molar-refractivity contribution in [2.24, 2.45) is 5.73 Å². The highest BCUT2D eigenvalue weighted by Gasteiger charge is 2.38. The molecule has 0 unspecified atom stereocenters. The van der Waals surface area contributed by atoms with Gasteiger partial charge in [0, 0.05) is 56.5 Å². The first-order valence-electron chi connectivity index (χ1n) is 19.1. The van der Waals surface area contributed by atoms with Gasteiger partial charge in [-0.3, -0.25) is 24.0 Å². The summed E-state index contributed by atoms with van der Waals surface area (Å²) in [5.74, 6) is -2.27. The van der Waals surface area contributed by atoms with E-state index in [-0.39, 0.29) is 44.2 Å². The summed E-state index contributed by atoms with van der Waals surface area (Å²) in [7, 11) is 0. The zero-order valence-corrected chi connectivity index (χ0v) is 31.9. The topological polar surface area (TPSA) is 208 Å². The number of H-pyrrole nitrogens is 1. The van der Waals surface area contributed by atoms with Gasteiger partial charge in [0.1, 0.15) is 24.2 Å². The molecule has 5 rings (SSSR count). The predicted molar refractivity (Wildman–Crippen MR) is 213 cm³/mol. The first kappa shape index (κ1) is 41.0. The molecule has 1 saturated heterocycles. The average molecular weight is 765 g/mol. The monoisotopic (exact) mass is 764 g/mol. The predicted octanol–water partition coefficient (Wildman–Crippen LogP) is 2.88. The number of primary amides is 1. The number of likely N-dealkylation sites (tertiary alicyclic amines) is 1. The summed E-state index contributed by atoms with van der Waals surface area (Å²) in [4.78, 5) is 84.6. The van der Waals surface area contributed by atoms with Crippen molar-refractivity contribution >= 4 is 46.5 Å². The number of amides is 7. The first-order chi connectivity index (χ1) is 27.0. The van der Waals surface area contributed by atoms with E-state index < -0.39 is 47.9 Å². The van der Waals surface area contributed by atoms with Crippen molar-refractivity contribution < 1.29 is 28.8 Å². The Kier molecular flexibility index (Phi) is 14.6. The second kappa shape index (κ2) is 19.9. The van der Waals surface area contributed by atoms with Gasteiger partial charge in [0.2, 0.25) is 29.5 Å². The Morgan fingerprint density at radius 3 is 2.25 bits per heavy atom. The summed E-state index contributed by atoms with van der Waals surface area (Å²) in [6.07, 6.45) is 4.37. The lowest BCUT2D eigenvalue weighted by Crippen LogP contribution is -2.60. The zero-order chi connectivity index (χ0) is 40.0. The molecule has 2 heterocycles. The lowest BCUT2D eigenvalue weighted by Gasteiger charge is -2.37. The first-order valence-corrected chi connectivity index (χ1v) is 19.1. The quantitative estimate of drug-likeness (QED) is 0.0805. The van der Waals surface area contributed by atoms with Crippen LogP contribution < -0.4 is 32.3 Å². The number of nitrogens with one attached hydrogen (secondary N) is 6. The molecule has 1 aromatic heterocycles. The van der Waals surface area contributed by atoms with E-state index in [9.17, 15) is 28.8 Å². The Bertz CT molecular complexity index is 1980. The maximum atomic E-state index is 14.3. The number of hydrogen-bond acceptors (Lipinski definition) is 6. The number of benzene rings is 3. The zero-order valence-electron chi connectivity index (χ0n) is 31.9. The number of aromatic nitrogens is 1. The fraction of sp³-hybridized carbons (Fsp3) is 0.381. The molecule has 0 aliphatic carbocycles. The number of urea groups is 1. The van der Waals surface area contributed by atoms with Gasteiger partial charge in [-0.25, -0.2) is 4.79 Å². The van der Waals surface area contributed by atoms with Gasteiger partial charge >= 0.3 is 6.03 Å². The maximum Gasteiger partial charge on any atom is 0.312 e.